The van der Waals surface area contributed by atoms with Crippen LogP contribution < -0.4 is 71.9 Å². The summed E-state index contributed by atoms with van der Waals surface area (Å²) in [6.45, 7) is 35.5. The van der Waals surface area contributed by atoms with Crippen LogP contribution in [0.5, 0.6) is 0 Å². The summed E-state index contributed by atoms with van der Waals surface area (Å²) in [5.41, 5.74) is 0. The molecule has 0 aliphatic heterocycles. The lowest BCUT2D eigenvalue weighted by molar-refractivity contribution is -0.927. The molecule has 0 aliphatic rings. The van der Waals surface area contributed by atoms with Crippen molar-refractivity contribution < 1.29 is 85.4 Å². The fraction of sp³-hybridized carbons (Fsp3) is 1.00. The number of halogens is 3. The maximum Gasteiger partial charge on any atom is 0.0786 e. The number of hydrogen-bond acceptors (Lipinski definition) is 0. The molecule has 0 unspecified atom stereocenters. The van der Waals surface area contributed by atoms with E-state index in [4.69, 9.17) is 0 Å². The standard InChI is InChI=1S/C31H70N3.3HI/c1-9-25-32(12-4,13-5)28-21-17-19-23-30-34(16-8,27-11-3)31-24-20-18-22-29-33(14-6,15-7)26-10-2;;;/h9-31H2,1-8H3;3*1H/q+3;;;/p-3. The molecule has 6 heteroatoms. The van der Waals surface area contributed by atoms with Crippen molar-refractivity contribution in [3.05, 3.63) is 0 Å². The monoisotopic (exact) mass is 865 g/mol. The van der Waals surface area contributed by atoms with Crippen molar-refractivity contribution in [3.63, 3.8) is 0 Å². The van der Waals surface area contributed by atoms with E-state index in [0.29, 0.717) is 0 Å². The molecule has 0 fully saturated rings. The van der Waals surface area contributed by atoms with Gasteiger partial charge in [0, 0.05) is 0 Å². The van der Waals surface area contributed by atoms with Gasteiger partial charge in [0.1, 0.15) is 0 Å². The number of quaternary nitrogens is 3. The minimum atomic E-state index is 0. The fourth-order valence-electron chi connectivity index (χ4n) is 6.66. The Labute approximate surface area is 287 Å². The van der Waals surface area contributed by atoms with E-state index in [1.807, 2.05) is 0 Å². The van der Waals surface area contributed by atoms with Crippen molar-refractivity contribution in [2.75, 3.05) is 78.5 Å². The van der Waals surface area contributed by atoms with Crippen LogP contribution in [0.4, 0.5) is 0 Å². The van der Waals surface area contributed by atoms with Crippen LogP contribution >= 0.6 is 0 Å². The van der Waals surface area contributed by atoms with Crippen molar-refractivity contribution in [3.8, 4) is 0 Å². The molecule has 0 aromatic rings. The smallest absolute Gasteiger partial charge is 0.0786 e. The molecule has 230 valence electrons. The second-order valence-electron chi connectivity index (χ2n) is 11.5. The molecule has 3 nitrogen and oxygen atoms in total. The molecule has 0 spiro atoms. The molecule has 0 N–H and O–H groups in total. The summed E-state index contributed by atoms with van der Waals surface area (Å²) < 4.78 is 4.07. The van der Waals surface area contributed by atoms with Gasteiger partial charge in [0.2, 0.25) is 0 Å². The predicted molar refractivity (Wildman–Crippen MR) is 155 cm³/mol. The van der Waals surface area contributed by atoms with Crippen LogP contribution in [-0.4, -0.2) is 92.0 Å². The minimum absolute atomic E-state index is 0. The van der Waals surface area contributed by atoms with Crippen LogP contribution in [0.15, 0.2) is 0 Å². The number of nitrogens with zero attached hydrogens (tertiary/aromatic N) is 3. The number of rotatable bonds is 25. The molecule has 0 radical (unpaired) electrons. The zero-order valence-corrected chi connectivity index (χ0v) is 33.2. The van der Waals surface area contributed by atoms with Gasteiger partial charge in [-0.3, -0.25) is 0 Å². The summed E-state index contributed by atoms with van der Waals surface area (Å²) >= 11 is 0. The number of unbranched alkanes of at least 4 members (excludes halogenated alkanes) is 6. The average Bonchev–Trinajstić information content (AvgIpc) is 2.86. The van der Waals surface area contributed by atoms with E-state index in [-0.39, 0.29) is 71.9 Å². The lowest BCUT2D eigenvalue weighted by atomic mass is 10.1. The molecule has 0 aromatic carbocycles. The van der Waals surface area contributed by atoms with Crippen molar-refractivity contribution >= 4 is 0 Å². The van der Waals surface area contributed by atoms with Gasteiger partial charge in [0.05, 0.1) is 78.5 Å². The van der Waals surface area contributed by atoms with Crippen molar-refractivity contribution in [1.29, 1.82) is 0 Å². The number of hydrogen-bond donors (Lipinski definition) is 0. The molecule has 0 saturated carbocycles. The Balaban J connectivity index is -0.00000181. The molecule has 0 aliphatic carbocycles. The van der Waals surface area contributed by atoms with E-state index in [1.54, 1.807) is 0 Å². The Bertz CT molecular complexity index is 421. The normalized spacial score (nSPS) is 12.0. The third-order valence-corrected chi connectivity index (χ3v) is 9.48. The van der Waals surface area contributed by atoms with Crippen LogP contribution in [0.25, 0.3) is 0 Å². The molecular weight excluding hydrogens is 795 g/mol. The zero-order chi connectivity index (χ0) is 25.8. The topological polar surface area (TPSA) is 0 Å². The highest BCUT2D eigenvalue weighted by Crippen LogP contribution is 2.18. The molecule has 0 rings (SSSR count). The Morgan fingerprint density at radius 3 is 0.703 bits per heavy atom. The highest BCUT2D eigenvalue weighted by Gasteiger charge is 2.25. The lowest BCUT2D eigenvalue weighted by Crippen LogP contribution is -3.00. The molecule has 0 atom stereocenters. The largest absolute Gasteiger partial charge is 1.00 e. The highest BCUT2D eigenvalue weighted by atomic mass is 127. The zero-order valence-electron chi connectivity index (χ0n) is 26.7. The average molecular weight is 866 g/mol. The van der Waals surface area contributed by atoms with Gasteiger partial charge in [0.25, 0.3) is 0 Å². The Hall–Kier alpha value is 2.07. The van der Waals surface area contributed by atoms with E-state index in [1.165, 1.54) is 163 Å². The first-order valence-corrected chi connectivity index (χ1v) is 16.0. The first kappa shape index (κ1) is 46.0. The van der Waals surface area contributed by atoms with Crippen LogP contribution in [0.3, 0.4) is 0 Å². The third-order valence-electron chi connectivity index (χ3n) is 9.48. The van der Waals surface area contributed by atoms with Gasteiger partial charge >= 0.3 is 0 Å². The van der Waals surface area contributed by atoms with Gasteiger partial charge in [-0.15, -0.1) is 0 Å². The van der Waals surface area contributed by atoms with Gasteiger partial charge in [-0.1, -0.05) is 20.8 Å². The van der Waals surface area contributed by atoms with Gasteiger partial charge in [-0.25, -0.2) is 0 Å². The van der Waals surface area contributed by atoms with E-state index < -0.39 is 0 Å². The summed E-state index contributed by atoms with van der Waals surface area (Å²) in [6.07, 6.45) is 15.5. The molecule has 0 heterocycles. The second-order valence-corrected chi connectivity index (χ2v) is 11.5. The van der Waals surface area contributed by atoms with E-state index in [9.17, 15) is 0 Å². The highest BCUT2D eigenvalue weighted by molar-refractivity contribution is 4.52. The van der Waals surface area contributed by atoms with Crippen LogP contribution in [0.1, 0.15) is 126 Å². The van der Waals surface area contributed by atoms with Crippen LogP contribution in [-0.2, 0) is 0 Å². The third kappa shape index (κ3) is 19.0. The summed E-state index contributed by atoms with van der Waals surface area (Å²) in [4.78, 5) is 0. The second kappa shape index (κ2) is 28.2. The Morgan fingerprint density at radius 1 is 0.270 bits per heavy atom. The fourth-order valence-corrected chi connectivity index (χ4v) is 6.66. The molecular formula is C31H70I3N3. The minimum Gasteiger partial charge on any atom is -1.00 e. The quantitative estimate of drug-likeness (QED) is 0.0623. The van der Waals surface area contributed by atoms with Crippen LogP contribution in [0, 0.1) is 0 Å². The molecule has 0 aromatic heterocycles. The van der Waals surface area contributed by atoms with E-state index >= 15 is 0 Å². The first-order valence-electron chi connectivity index (χ1n) is 16.0. The molecule has 0 bridgehead atoms. The van der Waals surface area contributed by atoms with Gasteiger partial charge in [0.15, 0.2) is 0 Å². The van der Waals surface area contributed by atoms with E-state index in [0.717, 1.165) is 0 Å². The molecule has 0 amide bonds. The van der Waals surface area contributed by atoms with E-state index in [2.05, 4.69) is 55.4 Å². The van der Waals surface area contributed by atoms with Gasteiger partial charge < -0.3 is 85.4 Å². The summed E-state index contributed by atoms with van der Waals surface area (Å²) in [5, 5.41) is 0. The molecule has 0 saturated heterocycles. The maximum absolute atomic E-state index is 2.45. The summed E-state index contributed by atoms with van der Waals surface area (Å²) in [6, 6.07) is 0. The van der Waals surface area contributed by atoms with Crippen LogP contribution in [0.2, 0.25) is 0 Å². The summed E-state index contributed by atoms with van der Waals surface area (Å²) in [7, 11) is 0. The molecule has 37 heavy (non-hydrogen) atoms. The Morgan fingerprint density at radius 2 is 0.486 bits per heavy atom. The van der Waals surface area contributed by atoms with Crippen molar-refractivity contribution in [2.24, 2.45) is 0 Å². The Kier molecular flexibility index (Phi) is 35.1. The maximum atomic E-state index is 2.45. The van der Waals surface area contributed by atoms with Gasteiger partial charge in [-0.05, 0) is 105 Å². The van der Waals surface area contributed by atoms with Crippen molar-refractivity contribution in [2.45, 2.75) is 126 Å². The lowest BCUT2D eigenvalue weighted by Gasteiger charge is -2.38. The predicted octanol–water partition coefficient (Wildman–Crippen LogP) is -1.10. The first-order chi connectivity index (χ1) is 16.4. The van der Waals surface area contributed by atoms with Gasteiger partial charge in [-0.2, -0.15) is 0 Å². The van der Waals surface area contributed by atoms with Crippen molar-refractivity contribution in [1.82, 2.24) is 0 Å². The SMILES string of the molecule is CCC[N+](CC)(CC)CCCCCC[N+](CC)(CCC)CCCCCC[N+](CC)(CC)CCC.[I-].[I-].[I-]. The summed E-state index contributed by atoms with van der Waals surface area (Å²) in [5.74, 6) is 0.